The summed E-state index contributed by atoms with van der Waals surface area (Å²) in [5.41, 5.74) is 3.64. The first kappa shape index (κ1) is 18.6. The van der Waals surface area contributed by atoms with Gasteiger partial charge in [-0.1, -0.05) is 42.5 Å². The molecule has 0 bridgehead atoms. The Morgan fingerprint density at radius 1 is 0.966 bits per heavy atom. The maximum Gasteiger partial charge on any atom is 0.252 e. The van der Waals surface area contributed by atoms with E-state index < -0.39 is 0 Å². The van der Waals surface area contributed by atoms with Gasteiger partial charge in [0.15, 0.2) is 0 Å². The lowest BCUT2D eigenvalue weighted by Gasteiger charge is -2.18. The highest BCUT2D eigenvalue weighted by Gasteiger charge is 2.18. The average Bonchev–Trinajstić information content (AvgIpc) is 2.78. The highest BCUT2D eigenvalue weighted by atomic mass is 16.5. The number of carbonyl (C=O) groups is 1. The lowest BCUT2D eigenvalue weighted by Crippen LogP contribution is -2.27. The maximum absolute atomic E-state index is 13.2. The summed E-state index contributed by atoms with van der Waals surface area (Å²) in [5.74, 6) is 0.577. The topological polar surface area (TPSA) is 64.1 Å². The predicted octanol–water partition coefficient (Wildman–Crippen LogP) is 4.80. The summed E-state index contributed by atoms with van der Waals surface area (Å²) < 4.78 is 5.43. The van der Waals surface area contributed by atoms with Crippen molar-refractivity contribution in [3.63, 3.8) is 0 Å². The Morgan fingerprint density at radius 2 is 1.72 bits per heavy atom. The van der Waals surface area contributed by atoms with E-state index in [9.17, 15) is 4.79 Å². The number of nitrogens with one attached hydrogen (secondary N) is 1. The standard InChI is InChI=1S/C24H21N3O2/c1-16(17-9-4-6-13-23(17)29-2)26-24(28)19-15-22(21-12-7-8-14-25-21)27-20-11-5-3-10-18(19)20/h3-16H,1-2H3,(H,26,28)/t16-/m0/s1. The van der Waals surface area contributed by atoms with Crippen LogP contribution in [0.2, 0.25) is 0 Å². The molecule has 5 nitrogen and oxygen atoms in total. The Hall–Kier alpha value is -3.73. The summed E-state index contributed by atoms with van der Waals surface area (Å²) in [7, 11) is 1.63. The van der Waals surface area contributed by atoms with Gasteiger partial charge in [-0.15, -0.1) is 0 Å². The van der Waals surface area contributed by atoms with Crippen molar-refractivity contribution in [2.75, 3.05) is 7.11 Å². The lowest BCUT2D eigenvalue weighted by molar-refractivity contribution is 0.0941. The van der Waals surface area contributed by atoms with Gasteiger partial charge in [0.1, 0.15) is 5.75 Å². The summed E-state index contributed by atoms with van der Waals surface area (Å²) >= 11 is 0. The molecule has 0 unspecified atom stereocenters. The molecular formula is C24H21N3O2. The third-order valence-electron chi connectivity index (χ3n) is 4.84. The van der Waals surface area contributed by atoms with Crippen molar-refractivity contribution in [3.8, 4) is 17.1 Å². The van der Waals surface area contributed by atoms with E-state index in [2.05, 4.69) is 10.3 Å². The summed E-state index contributed by atoms with van der Waals surface area (Å²) in [4.78, 5) is 22.3. The molecule has 1 atom stereocenters. The highest BCUT2D eigenvalue weighted by molar-refractivity contribution is 6.07. The Morgan fingerprint density at radius 3 is 2.52 bits per heavy atom. The fourth-order valence-corrected chi connectivity index (χ4v) is 3.39. The smallest absolute Gasteiger partial charge is 0.252 e. The number of fused-ring (bicyclic) bond motifs is 1. The Kier molecular flexibility index (Phi) is 5.20. The SMILES string of the molecule is COc1ccccc1[C@H](C)NC(=O)c1cc(-c2ccccn2)nc2ccccc12. The van der Waals surface area contributed by atoms with Crippen molar-refractivity contribution in [1.82, 2.24) is 15.3 Å². The van der Waals surface area contributed by atoms with Gasteiger partial charge in [-0.2, -0.15) is 0 Å². The van der Waals surface area contributed by atoms with Gasteiger partial charge in [-0.3, -0.25) is 9.78 Å². The van der Waals surface area contributed by atoms with Crippen LogP contribution in [0, 0.1) is 0 Å². The van der Waals surface area contributed by atoms with Crippen LogP contribution in [0.5, 0.6) is 5.75 Å². The van der Waals surface area contributed by atoms with Crippen molar-refractivity contribution < 1.29 is 9.53 Å². The van der Waals surface area contributed by atoms with E-state index in [1.807, 2.05) is 73.7 Å². The van der Waals surface area contributed by atoms with Crippen LogP contribution in [-0.4, -0.2) is 23.0 Å². The van der Waals surface area contributed by atoms with Crippen LogP contribution in [-0.2, 0) is 0 Å². The van der Waals surface area contributed by atoms with Gasteiger partial charge in [0.05, 0.1) is 35.6 Å². The Labute approximate surface area is 169 Å². The van der Waals surface area contributed by atoms with Gasteiger partial charge in [0, 0.05) is 17.1 Å². The molecule has 2 aromatic heterocycles. The second-order valence-corrected chi connectivity index (χ2v) is 6.72. The molecule has 0 aliphatic heterocycles. The minimum Gasteiger partial charge on any atom is -0.496 e. The van der Waals surface area contributed by atoms with Gasteiger partial charge in [0.25, 0.3) is 5.91 Å². The summed E-state index contributed by atoms with van der Waals surface area (Å²) in [6, 6.07) is 22.5. The molecule has 1 N–H and O–H groups in total. The number of methoxy groups -OCH3 is 1. The Balaban J connectivity index is 1.73. The highest BCUT2D eigenvalue weighted by Crippen LogP contribution is 2.27. The normalized spacial score (nSPS) is 11.8. The van der Waals surface area contributed by atoms with E-state index in [4.69, 9.17) is 9.72 Å². The van der Waals surface area contributed by atoms with Crippen LogP contribution in [0.3, 0.4) is 0 Å². The minimum atomic E-state index is -0.219. The number of para-hydroxylation sites is 2. The molecular weight excluding hydrogens is 362 g/mol. The molecule has 0 spiro atoms. The number of rotatable bonds is 5. The van der Waals surface area contributed by atoms with Crippen molar-refractivity contribution >= 4 is 16.8 Å². The second-order valence-electron chi connectivity index (χ2n) is 6.72. The molecule has 0 aliphatic rings. The molecule has 5 heteroatoms. The molecule has 0 saturated heterocycles. The molecule has 0 saturated carbocycles. The molecule has 2 aromatic carbocycles. The van der Waals surface area contributed by atoms with Crippen LogP contribution in [0.15, 0.2) is 79.0 Å². The number of carbonyl (C=O) groups excluding carboxylic acids is 1. The third-order valence-corrected chi connectivity index (χ3v) is 4.84. The molecule has 0 radical (unpaired) electrons. The van der Waals surface area contributed by atoms with Crippen molar-refractivity contribution in [1.29, 1.82) is 0 Å². The molecule has 0 aliphatic carbocycles. The van der Waals surface area contributed by atoms with Crippen LogP contribution in [0.4, 0.5) is 0 Å². The maximum atomic E-state index is 13.2. The molecule has 4 aromatic rings. The summed E-state index contributed by atoms with van der Waals surface area (Å²) in [6.07, 6.45) is 1.72. The van der Waals surface area contributed by atoms with Gasteiger partial charge in [-0.05, 0) is 37.3 Å². The van der Waals surface area contributed by atoms with Gasteiger partial charge < -0.3 is 10.1 Å². The fourth-order valence-electron chi connectivity index (χ4n) is 3.39. The molecule has 29 heavy (non-hydrogen) atoms. The van der Waals surface area contributed by atoms with Gasteiger partial charge in [-0.25, -0.2) is 4.98 Å². The predicted molar refractivity (Wildman–Crippen MR) is 114 cm³/mol. The van der Waals surface area contributed by atoms with Crippen molar-refractivity contribution in [2.45, 2.75) is 13.0 Å². The minimum absolute atomic E-state index is 0.167. The van der Waals surface area contributed by atoms with E-state index in [0.29, 0.717) is 11.3 Å². The van der Waals surface area contributed by atoms with Crippen LogP contribution < -0.4 is 10.1 Å². The first-order chi connectivity index (χ1) is 14.2. The van der Waals surface area contributed by atoms with Crippen molar-refractivity contribution in [3.05, 3.63) is 90.1 Å². The van der Waals surface area contributed by atoms with E-state index in [1.54, 1.807) is 19.4 Å². The van der Waals surface area contributed by atoms with E-state index in [-0.39, 0.29) is 11.9 Å². The molecule has 144 valence electrons. The number of nitrogens with zero attached hydrogens (tertiary/aromatic N) is 2. The number of hydrogen-bond donors (Lipinski definition) is 1. The number of aromatic nitrogens is 2. The van der Waals surface area contributed by atoms with Crippen molar-refractivity contribution in [2.24, 2.45) is 0 Å². The second kappa shape index (κ2) is 8.10. The number of pyridine rings is 2. The van der Waals surface area contributed by atoms with Crippen LogP contribution >= 0.6 is 0 Å². The quantitative estimate of drug-likeness (QED) is 0.538. The zero-order valence-corrected chi connectivity index (χ0v) is 16.3. The summed E-state index contributed by atoms with van der Waals surface area (Å²) in [5, 5.41) is 3.89. The van der Waals surface area contributed by atoms with Gasteiger partial charge in [0.2, 0.25) is 0 Å². The first-order valence-electron chi connectivity index (χ1n) is 9.42. The van der Waals surface area contributed by atoms with E-state index in [1.165, 1.54) is 0 Å². The third kappa shape index (κ3) is 3.80. The number of ether oxygens (including phenoxy) is 1. The molecule has 2 heterocycles. The number of hydrogen-bond acceptors (Lipinski definition) is 4. The Bertz CT molecular complexity index is 1160. The number of benzene rings is 2. The number of amides is 1. The van der Waals surface area contributed by atoms with E-state index in [0.717, 1.165) is 27.9 Å². The molecule has 1 amide bonds. The molecule has 0 fully saturated rings. The van der Waals surface area contributed by atoms with Gasteiger partial charge >= 0.3 is 0 Å². The average molecular weight is 383 g/mol. The lowest BCUT2D eigenvalue weighted by atomic mass is 10.0. The largest absolute Gasteiger partial charge is 0.496 e. The van der Waals surface area contributed by atoms with Crippen LogP contribution in [0.25, 0.3) is 22.3 Å². The van der Waals surface area contributed by atoms with Crippen LogP contribution in [0.1, 0.15) is 28.9 Å². The zero-order valence-electron chi connectivity index (χ0n) is 16.3. The van der Waals surface area contributed by atoms with E-state index >= 15 is 0 Å². The fraction of sp³-hybridized carbons (Fsp3) is 0.125. The first-order valence-corrected chi connectivity index (χ1v) is 9.42. The monoisotopic (exact) mass is 383 g/mol. The summed E-state index contributed by atoms with van der Waals surface area (Å²) in [6.45, 7) is 1.94. The zero-order chi connectivity index (χ0) is 20.2. The molecule has 4 rings (SSSR count).